The third-order valence-electron chi connectivity index (χ3n) is 5.13. The second-order valence-corrected chi connectivity index (χ2v) is 7.92. The highest BCUT2D eigenvalue weighted by Crippen LogP contribution is 2.09. The molecule has 27 heavy (non-hydrogen) atoms. The Morgan fingerprint density at radius 2 is 0.741 bits per heavy atom. The summed E-state index contributed by atoms with van der Waals surface area (Å²) in [6.45, 7) is 9.94. The van der Waals surface area contributed by atoms with Gasteiger partial charge in [-0.25, -0.2) is 0 Å². The molecular formula is C24H51NO2. The lowest BCUT2D eigenvalue weighted by atomic mass is 10.1. The smallest absolute Gasteiger partial charge is 0.0590 e. The van der Waals surface area contributed by atoms with E-state index in [0.717, 1.165) is 39.5 Å². The van der Waals surface area contributed by atoms with E-state index in [1.807, 2.05) is 0 Å². The van der Waals surface area contributed by atoms with E-state index in [1.54, 1.807) is 0 Å². The molecule has 0 aliphatic carbocycles. The predicted molar refractivity (Wildman–Crippen MR) is 120 cm³/mol. The Bertz CT molecular complexity index is 225. The van der Waals surface area contributed by atoms with E-state index in [9.17, 15) is 0 Å². The van der Waals surface area contributed by atoms with Crippen LogP contribution >= 0.6 is 0 Å². The van der Waals surface area contributed by atoms with E-state index in [-0.39, 0.29) is 0 Å². The molecular weight excluding hydrogens is 334 g/mol. The predicted octanol–water partition coefficient (Wildman–Crippen LogP) is 6.89. The zero-order valence-corrected chi connectivity index (χ0v) is 18.9. The Kier molecular flexibility index (Phi) is 25.8. The summed E-state index contributed by atoms with van der Waals surface area (Å²) in [4.78, 5) is 0. The molecule has 164 valence electrons. The minimum Gasteiger partial charge on any atom is -0.380 e. The van der Waals surface area contributed by atoms with Gasteiger partial charge in [0.1, 0.15) is 0 Å². The van der Waals surface area contributed by atoms with Gasteiger partial charge in [-0.05, 0) is 12.8 Å². The quantitative estimate of drug-likeness (QED) is 0.183. The minimum absolute atomic E-state index is 0.828. The van der Waals surface area contributed by atoms with Crippen LogP contribution in [-0.2, 0) is 9.47 Å². The third-order valence-corrected chi connectivity index (χ3v) is 5.13. The molecule has 0 aliphatic rings. The summed E-state index contributed by atoms with van der Waals surface area (Å²) in [5, 5.41) is 3.40. The van der Waals surface area contributed by atoms with Crippen molar-refractivity contribution in [1.82, 2.24) is 5.32 Å². The Balaban J connectivity index is 2.95. The molecule has 0 aromatic carbocycles. The fraction of sp³-hybridized carbons (Fsp3) is 1.00. The Morgan fingerprint density at radius 1 is 0.407 bits per heavy atom. The molecule has 0 atom stereocenters. The molecule has 3 nitrogen and oxygen atoms in total. The summed E-state index contributed by atoms with van der Waals surface area (Å²) in [6, 6.07) is 0. The average molecular weight is 386 g/mol. The number of hydrogen-bond donors (Lipinski definition) is 1. The van der Waals surface area contributed by atoms with Crippen LogP contribution < -0.4 is 5.32 Å². The lowest BCUT2D eigenvalue weighted by Gasteiger charge is -2.07. The summed E-state index contributed by atoms with van der Waals surface area (Å²) in [5.41, 5.74) is 0. The molecule has 0 aromatic heterocycles. The zero-order valence-electron chi connectivity index (χ0n) is 18.9. The van der Waals surface area contributed by atoms with Gasteiger partial charge < -0.3 is 14.8 Å². The molecule has 3 heteroatoms. The normalized spacial score (nSPS) is 11.3. The maximum absolute atomic E-state index is 5.68. The Morgan fingerprint density at radius 3 is 1.11 bits per heavy atom. The van der Waals surface area contributed by atoms with E-state index < -0.39 is 0 Å². The van der Waals surface area contributed by atoms with Crippen LogP contribution in [-0.4, -0.2) is 39.5 Å². The zero-order chi connectivity index (χ0) is 19.7. The van der Waals surface area contributed by atoms with Crippen LogP contribution in [0, 0.1) is 0 Å². The number of unbranched alkanes of at least 4 members (excludes halogenated alkanes) is 14. The Labute approximate surface area is 171 Å². The molecule has 0 fully saturated rings. The first-order chi connectivity index (χ1) is 13.4. The van der Waals surface area contributed by atoms with E-state index in [1.165, 1.54) is 103 Å². The molecule has 0 saturated carbocycles. The average Bonchev–Trinajstić information content (AvgIpc) is 2.68. The van der Waals surface area contributed by atoms with E-state index in [4.69, 9.17) is 9.47 Å². The van der Waals surface area contributed by atoms with Crippen molar-refractivity contribution in [3.05, 3.63) is 0 Å². The lowest BCUT2D eigenvalue weighted by Crippen LogP contribution is -2.24. The standard InChI is InChI=1S/C24H51NO2/c1-3-5-7-9-11-13-15-17-21-26-23-19-25-20-24-27-22-18-16-14-12-10-8-6-4-2/h25H,3-24H2,1-2H3. The van der Waals surface area contributed by atoms with Gasteiger partial charge in [0.05, 0.1) is 13.2 Å². The van der Waals surface area contributed by atoms with Crippen LogP contribution in [0.1, 0.15) is 117 Å². The second kappa shape index (κ2) is 25.9. The first-order valence-electron chi connectivity index (χ1n) is 12.3. The van der Waals surface area contributed by atoms with Crippen LogP contribution in [0.2, 0.25) is 0 Å². The van der Waals surface area contributed by atoms with Crippen molar-refractivity contribution in [3.63, 3.8) is 0 Å². The fourth-order valence-corrected chi connectivity index (χ4v) is 3.29. The van der Waals surface area contributed by atoms with Gasteiger partial charge >= 0.3 is 0 Å². The molecule has 0 heterocycles. The number of ether oxygens (including phenoxy) is 2. The van der Waals surface area contributed by atoms with Crippen molar-refractivity contribution in [2.45, 2.75) is 117 Å². The topological polar surface area (TPSA) is 30.5 Å². The molecule has 1 N–H and O–H groups in total. The Hall–Kier alpha value is -0.120. The van der Waals surface area contributed by atoms with Crippen LogP contribution in [0.25, 0.3) is 0 Å². The summed E-state index contributed by atoms with van der Waals surface area (Å²) in [5.74, 6) is 0. The number of rotatable bonds is 24. The van der Waals surface area contributed by atoms with Crippen molar-refractivity contribution < 1.29 is 9.47 Å². The summed E-state index contributed by atoms with van der Waals surface area (Å²) < 4.78 is 11.4. The third kappa shape index (κ3) is 25.9. The molecule has 0 rings (SSSR count). The van der Waals surface area contributed by atoms with Crippen LogP contribution in [0.5, 0.6) is 0 Å². The highest BCUT2D eigenvalue weighted by molar-refractivity contribution is 4.49. The van der Waals surface area contributed by atoms with Gasteiger partial charge in [-0.2, -0.15) is 0 Å². The van der Waals surface area contributed by atoms with Gasteiger partial charge in [0.2, 0.25) is 0 Å². The SMILES string of the molecule is CCCCCCCCCCOCCNCCOCCCCCCCCCC. The summed E-state index contributed by atoms with van der Waals surface area (Å²) in [6.07, 6.45) is 21.8. The minimum atomic E-state index is 0.828. The van der Waals surface area contributed by atoms with Crippen molar-refractivity contribution in [1.29, 1.82) is 0 Å². The van der Waals surface area contributed by atoms with E-state index >= 15 is 0 Å². The van der Waals surface area contributed by atoms with Crippen LogP contribution in [0.15, 0.2) is 0 Å². The van der Waals surface area contributed by atoms with Crippen molar-refractivity contribution in [2.24, 2.45) is 0 Å². The maximum Gasteiger partial charge on any atom is 0.0590 e. The fourth-order valence-electron chi connectivity index (χ4n) is 3.29. The van der Waals surface area contributed by atoms with Gasteiger partial charge in [-0.15, -0.1) is 0 Å². The number of nitrogens with one attached hydrogen (secondary N) is 1. The molecule has 0 unspecified atom stereocenters. The first-order valence-corrected chi connectivity index (χ1v) is 12.3. The first kappa shape index (κ1) is 26.9. The molecule has 0 radical (unpaired) electrons. The number of hydrogen-bond acceptors (Lipinski definition) is 3. The van der Waals surface area contributed by atoms with Gasteiger partial charge in [0.25, 0.3) is 0 Å². The van der Waals surface area contributed by atoms with Gasteiger partial charge in [-0.3, -0.25) is 0 Å². The lowest BCUT2D eigenvalue weighted by molar-refractivity contribution is 0.117. The monoisotopic (exact) mass is 385 g/mol. The van der Waals surface area contributed by atoms with E-state index in [0.29, 0.717) is 0 Å². The van der Waals surface area contributed by atoms with Gasteiger partial charge in [0.15, 0.2) is 0 Å². The molecule has 0 spiro atoms. The highest BCUT2D eigenvalue weighted by Gasteiger charge is 1.94. The summed E-state index contributed by atoms with van der Waals surface area (Å²) in [7, 11) is 0. The molecule has 0 aromatic rings. The van der Waals surface area contributed by atoms with Crippen molar-refractivity contribution >= 4 is 0 Å². The van der Waals surface area contributed by atoms with Gasteiger partial charge in [0, 0.05) is 26.3 Å². The van der Waals surface area contributed by atoms with Crippen molar-refractivity contribution in [2.75, 3.05) is 39.5 Å². The maximum atomic E-state index is 5.68. The molecule has 0 aliphatic heterocycles. The van der Waals surface area contributed by atoms with Crippen molar-refractivity contribution in [3.8, 4) is 0 Å². The summed E-state index contributed by atoms with van der Waals surface area (Å²) >= 11 is 0. The van der Waals surface area contributed by atoms with E-state index in [2.05, 4.69) is 19.2 Å². The van der Waals surface area contributed by atoms with Gasteiger partial charge in [-0.1, -0.05) is 104 Å². The molecule has 0 amide bonds. The molecule has 0 saturated heterocycles. The largest absolute Gasteiger partial charge is 0.380 e. The highest BCUT2D eigenvalue weighted by atomic mass is 16.5. The molecule has 0 bridgehead atoms. The second-order valence-electron chi connectivity index (χ2n) is 7.92. The van der Waals surface area contributed by atoms with Crippen LogP contribution in [0.4, 0.5) is 0 Å². The van der Waals surface area contributed by atoms with Crippen LogP contribution in [0.3, 0.4) is 0 Å².